The van der Waals surface area contributed by atoms with Crippen LogP contribution in [-0.4, -0.2) is 64.8 Å². The van der Waals surface area contributed by atoms with Gasteiger partial charge < -0.3 is 30.2 Å². The zero-order chi connectivity index (χ0) is 25.6. The number of alkyl halides is 1. The first-order chi connectivity index (χ1) is 16.6. The molecule has 3 rings (SSSR count). The third-order valence-corrected chi connectivity index (χ3v) is 6.67. The Morgan fingerprint density at radius 2 is 1.66 bits per heavy atom. The average Bonchev–Trinajstić information content (AvgIpc) is 3.20. The molecule has 2 aromatic carbocycles. The minimum Gasteiger partial charge on any atom is -0.491 e. The molecule has 0 radical (unpaired) electrons. The molecule has 192 valence electrons. The summed E-state index contributed by atoms with van der Waals surface area (Å²) in [7, 11) is 0. The highest BCUT2D eigenvalue weighted by Crippen LogP contribution is 2.36. The lowest BCUT2D eigenvalue weighted by atomic mass is 9.78. The van der Waals surface area contributed by atoms with Crippen LogP contribution in [0.1, 0.15) is 31.9 Å². The van der Waals surface area contributed by atoms with Gasteiger partial charge in [-0.3, -0.25) is 5.01 Å². The Bertz CT molecular complexity index is 1020. The van der Waals surface area contributed by atoms with Gasteiger partial charge in [0.1, 0.15) is 36.9 Å². The standard InChI is InChI=1S/C25H33Cl2N3O5/c1-16-23(13-31)28-29-30(16)12-20(33)15-34-21-7-4-17(5-8-21)25(2,3)18-6-9-24(22(27)10-18)35-14-19(32)11-26/h4-10,19-20,28-29,31-33H,11-15H2,1-3H3/t19-,20+/m0/s1. The van der Waals surface area contributed by atoms with E-state index in [1.54, 1.807) is 11.1 Å². The predicted molar refractivity (Wildman–Crippen MR) is 137 cm³/mol. The number of nitrogens with one attached hydrogen (secondary N) is 2. The molecule has 35 heavy (non-hydrogen) atoms. The van der Waals surface area contributed by atoms with E-state index < -0.39 is 12.2 Å². The largest absolute Gasteiger partial charge is 0.491 e. The molecular formula is C25H33Cl2N3O5. The molecule has 0 spiro atoms. The number of aliphatic hydroxyl groups excluding tert-OH is 3. The molecule has 1 heterocycles. The van der Waals surface area contributed by atoms with E-state index in [-0.39, 0.29) is 31.1 Å². The van der Waals surface area contributed by atoms with E-state index in [4.69, 9.17) is 32.7 Å². The number of benzene rings is 2. The maximum absolute atomic E-state index is 10.3. The maximum atomic E-state index is 10.3. The van der Waals surface area contributed by atoms with Crippen LogP contribution in [0.5, 0.6) is 11.5 Å². The van der Waals surface area contributed by atoms with E-state index in [1.165, 1.54) is 0 Å². The lowest BCUT2D eigenvalue weighted by Crippen LogP contribution is -2.43. The molecule has 0 amide bonds. The molecule has 5 N–H and O–H groups in total. The molecule has 0 bridgehead atoms. The maximum Gasteiger partial charge on any atom is 0.138 e. The van der Waals surface area contributed by atoms with E-state index in [1.807, 2.05) is 43.3 Å². The summed E-state index contributed by atoms with van der Waals surface area (Å²) in [6, 6.07) is 13.3. The van der Waals surface area contributed by atoms with Gasteiger partial charge >= 0.3 is 0 Å². The molecule has 2 aromatic rings. The number of ether oxygens (including phenoxy) is 2. The molecular weight excluding hydrogens is 493 g/mol. The van der Waals surface area contributed by atoms with Gasteiger partial charge in [0.2, 0.25) is 0 Å². The van der Waals surface area contributed by atoms with E-state index in [0.717, 1.165) is 16.8 Å². The Hall–Kier alpha value is -2.20. The van der Waals surface area contributed by atoms with Crippen LogP contribution in [0.2, 0.25) is 5.02 Å². The van der Waals surface area contributed by atoms with Gasteiger partial charge in [-0.15, -0.1) is 17.1 Å². The third-order valence-electron chi connectivity index (χ3n) is 6.02. The first kappa shape index (κ1) is 27.4. The number of halogens is 2. The smallest absolute Gasteiger partial charge is 0.138 e. The second-order valence-electron chi connectivity index (χ2n) is 8.95. The molecule has 10 heteroatoms. The molecule has 0 unspecified atom stereocenters. The first-order valence-corrected chi connectivity index (χ1v) is 12.2. The Morgan fingerprint density at radius 1 is 1.00 bits per heavy atom. The molecule has 0 saturated heterocycles. The Morgan fingerprint density at radius 3 is 2.26 bits per heavy atom. The van der Waals surface area contributed by atoms with Crippen LogP contribution in [0.15, 0.2) is 53.9 Å². The molecule has 8 nitrogen and oxygen atoms in total. The van der Waals surface area contributed by atoms with Gasteiger partial charge in [-0.05, 0) is 42.3 Å². The molecule has 0 saturated carbocycles. The van der Waals surface area contributed by atoms with Crippen molar-refractivity contribution in [3.63, 3.8) is 0 Å². The second-order valence-corrected chi connectivity index (χ2v) is 9.66. The van der Waals surface area contributed by atoms with Crippen molar-refractivity contribution in [2.75, 3.05) is 32.2 Å². The number of allylic oxidation sites excluding steroid dienone is 1. The van der Waals surface area contributed by atoms with Crippen molar-refractivity contribution < 1.29 is 24.8 Å². The Balaban J connectivity index is 1.58. The summed E-state index contributed by atoms with van der Waals surface area (Å²) >= 11 is 12.0. The van der Waals surface area contributed by atoms with Crippen molar-refractivity contribution in [2.45, 2.75) is 38.4 Å². The van der Waals surface area contributed by atoms with Crippen molar-refractivity contribution in [1.29, 1.82) is 0 Å². The van der Waals surface area contributed by atoms with Crippen LogP contribution in [0.3, 0.4) is 0 Å². The minimum atomic E-state index is -0.750. The molecule has 1 aliphatic rings. The Kier molecular flexibility index (Phi) is 9.52. The number of hydrazine groups is 2. The molecule has 2 atom stereocenters. The van der Waals surface area contributed by atoms with Gasteiger partial charge in [-0.1, -0.05) is 43.6 Å². The first-order valence-electron chi connectivity index (χ1n) is 11.3. The highest BCUT2D eigenvalue weighted by molar-refractivity contribution is 6.32. The van der Waals surface area contributed by atoms with Gasteiger partial charge in [0.15, 0.2) is 0 Å². The molecule has 0 fully saturated rings. The van der Waals surface area contributed by atoms with Crippen molar-refractivity contribution in [2.24, 2.45) is 0 Å². The number of rotatable bonds is 12. The van der Waals surface area contributed by atoms with Crippen molar-refractivity contribution in [3.05, 3.63) is 70.0 Å². The zero-order valence-corrected chi connectivity index (χ0v) is 21.6. The third kappa shape index (κ3) is 6.94. The van der Waals surface area contributed by atoms with Gasteiger partial charge in [-0.2, -0.15) is 0 Å². The Labute approximate surface area is 216 Å². The summed E-state index contributed by atoms with van der Waals surface area (Å²) in [6.07, 6.45) is -1.48. The number of hydrogen-bond donors (Lipinski definition) is 5. The highest BCUT2D eigenvalue weighted by atomic mass is 35.5. The fourth-order valence-corrected chi connectivity index (χ4v) is 3.96. The van der Waals surface area contributed by atoms with Crippen molar-refractivity contribution in [3.8, 4) is 11.5 Å². The van der Waals surface area contributed by atoms with Crippen LogP contribution in [0, 0.1) is 0 Å². The summed E-state index contributed by atoms with van der Waals surface area (Å²) in [5.74, 6) is 1.24. The normalized spacial score (nSPS) is 15.7. The van der Waals surface area contributed by atoms with Crippen molar-refractivity contribution in [1.82, 2.24) is 16.0 Å². The van der Waals surface area contributed by atoms with Crippen LogP contribution in [-0.2, 0) is 5.41 Å². The summed E-state index contributed by atoms with van der Waals surface area (Å²) in [5.41, 5.74) is 9.00. The minimum absolute atomic E-state index is 0.0769. The van der Waals surface area contributed by atoms with E-state index in [9.17, 15) is 15.3 Å². The summed E-state index contributed by atoms with van der Waals surface area (Å²) in [6.45, 7) is 6.46. The van der Waals surface area contributed by atoms with Crippen LogP contribution < -0.4 is 20.4 Å². The van der Waals surface area contributed by atoms with Crippen LogP contribution in [0.4, 0.5) is 0 Å². The van der Waals surface area contributed by atoms with E-state index >= 15 is 0 Å². The molecule has 1 aliphatic heterocycles. The summed E-state index contributed by atoms with van der Waals surface area (Å²) in [5, 5.41) is 31.4. The number of aliphatic hydroxyl groups is 3. The molecule has 0 aliphatic carbocycles. The molecule has 0 aromatic heterocycles. The van der Waals surface area contributed by atoms with Gasteiger partial charge in [0.25, 0.3) is 0 Å². The highest BCUT2D eigenvalue weighted by Gasteiger charge is 2.25. The lowest BCUT2D eigenvalue weighted by molar-refractivity contribution is 0.0645. The number of nitrogens with zero attached hydrogens (tertiary/aromatic N) is 1. The predicted octanol–water partition coefficient (Wildman–Crippen LogP) is 2.93. The van der Waals surface area contributed by atoms with Gasteiger partial charge in [0.05, 0.1) is 35.4 Å². The van der Waals surface area contributed by atoms with Gasteiger partial charge in [0, 0.05) is 5.41 Å². The summed E-state index contributed by atoms with van der Waals surface area (Å²) in [4.78, 5) is 0. The van der Waals surface area contributed by atoms with Crippen molar-refractivity contribution >= 4 is 23.2 Å². The second kappa shape index (κ2) is 12.2. The quantitative estimate of drug-likeness (QED) is 0.269. The average molecular weight is 526 g/mol. The van der Waals surface area contributed by atoms with E-state index in [0.29, 0.717) is 28.8 Å². The van der Waals surface area contributed by atoms with Gasteiger partial charge in [-0.25, -0.2) is 0 Å². The fraction of sp³-hybridized carbons (Fsp3) is 0.440. The SMILES string of the molecule is CC1=C(CO)NNN1C[C@@H](O)COc1ccc(C(C)(C)c2ccc(OC[C@@H](O)CCl)c(Cl)c2)cc1. The topological polar surface area (TPSA) is 106 Å². The van der Waals surface area contributed by atoms with E-state index in [2.05, 4.69) is 24.8 Å². The van der Waals surface area contributed by atoms with Crippen LogP contribution in [0.25, 0.3) is 0 Å². The number of β-amino-alcohol motifs (C(OH)–C–C–N with tert-alkyl or cyclic N) is 1. The monoisotopic (exact) mass is 525 g/mol. The number of hydrogen-bond acceptors (Lipinski definition) is 8. The zero-order valence-electron chi connectivity index (χ0n) is 20.1. The summed E-state index contributed by atoms with van der Waals surface area (Å²) < 4.78 is 11.3. The van der Waals surface area contributed by atoms with Crippen LogP contribution >= 0.6 is 23.2 Å². The lowest BCUT2D eigenvalue weighted by Gasteiger charge is -2.27. The fourth-order valence-electron chi connectivity index (χ4n) is 3.64.